The smallest absolute Gasteiger partial charge is 0.240 e. The highest BCUT2D eigenvalue weighted by atomic mass is 32.2. The van der Waals surface area contributed by atoms with Crippen LogP contribution in [0.25, 0.3) is 0 Å². The molecule has 1 aromatic heterocycles. The average Bonchev–Trinajstić information content (AvgIpc) is 3.10. The third-order valence-electron chi connectivity index (χ3n) is 4.01. The maximum atomic E-state index is 12.6. The Kier molecular flexibility index (Phi) is 4.89. The molecule has 0 radical (unpaired) electrons. The number of nitrogens with zero attached hydrogens (tertiary/aromatic N) is 2. The van der Waals surface area contributed by atoms with E-state index in [2.05, 4.69) is 14.3 Å². The van der Waals surface area contributed by atoms with Crippen LogP contribution in [-0.2, 0) is 23.0 Å². The number of ether oxygens (including phenoxy) is 1. The van der Waals surface area contributed by atoms with Crippen molar-refractivity contribution in [3.05, 3.63) is 35.2 Å². The molecule has 0 atom stereocenters. The Morgan fingerprint density at radius 3 is 2.83 bits per heavy atom. The number of methoxy groups -OCH3 is 1. The maximum Gasteiger partial charge on any atom is 0.240 e. The summed E-state index contributed by atoms with van der Waals surface area (Å²) in [4.78, 5) is 4.81. The van der Waals surface area contributed by atoms with Crippen LogP contribution in [0.3, 0.4) is 0 Å². The van der Waals surface area contributed by atoms with Crippen molar-refractivity contribution in [2.45, 2.75) is 36.9 Å². The number of nitrogens with one attached hydrogen (secondary N) is 1. The molecular weight excluding hydrogens is 346 g/mol. The number of fused-ring (bicyclic) bond motifs is 1. The number of aromatic nitrogens is 2. The molecule has 0 unspecified atom stereocenters. The highest BCUT2D eigenvalue weighted by Gasteiger charge is 2.19. The zero-order chi connectivity index (χ0) is 17.3. The fourth-order valence-corrected chi connectivity index (χ4v) is 5.05. The third-order valence-corrected chi connectivity index (χ3v) is 6.58. The monoisotopic (exact) mass is 367 g/mol. The first-order valence-electron chi connectivity index (χ1n) is 7.74. The first kappa shape index (κ1) is 17.3. The molecule has 0 amide bonds. The Labute approximate surface area is 146 Å². The fourth-order valence-electron chi connectivity index (χ4n) is 2.75. The van der Waals surface area contributed by atoms with Gasteiger partial charge in [-0.05, 0) is 37.1 Å². The van der Waals surface area contributed by atoms with Gasteiger partial charge in [-0.15, -0.1) is 0 Å². The molecule has 130 valence electrons. The molecule has 1 aromatic carbocycles. The van der Waals surface area contributed by atoms with Gasteiger partial charge in [0.1, 0.15) is 5.75 Å². The van der Waals surface area contributed by atoms with Gasteiger partial charge in [-0.2, -0.15) is 0 Å². The number of rotatable bonds is 6. The molecule has 2 heterocycles. The molecule has 3 rings (SSSR count). The van der Waals surface area contributed by atoms with Crippen molar-refractivity contribution in [3.8, 4) is 5.75 Å². The molecule has 0 saturated carbocycles. The highest BCUT2D eigenvalue weighted by molar-refractivity contribution is 7.99. The van der Waals surface area contributed by atoms with Crippen molar-refractivity contribution in [1.29, 1.82) is 0 Å². The van der Waals surface area contributed by atoms with Crippen LogP contribution < -0.4 is 9.46 Å². The Morgan fingerprint density at radius 1 is 1.33 bits per heavy atom. The van der Waals surface area contributed by atoms with E-state index in [-0.39, 0.29) is 0 Å². The number of aryl methyl sites for hydroxylation is 3. The van der Waals surface area contributed by atoms with E-state index in [1.807, 2.05) is 13.1 Å². The number of hydrogen-bond donors (Lipinski definition) is 1. The Hall–Kier alpha value is -1.51. The molecular formula is C16H21N3O3S2. The molecule has 0 aliphatic carbocycles. The summed E-state index contributed by atoms with van der Waals surface area (Å²) in [6.07, 6.45) is 2.58. The largest absolute Gasteiger partial charge is 0.496 e. The van der Waals surface area contributed by atoms with Gasteiger partial charge in [0.2, 0.25) is 10.0 Å². The molecule has 6 nitrogen and oxygen atoms in total. The molecule has 1 aliphatic rings. The molecule has 0 spiro atoms. The minimum absolute atomic E-state index is 0.295. The minimum atomic E-state index is -3.55. The normalized spacial score (nSPS) is 14.0. The van der Waals surface area contributed by atoms with E-state index in [9.17, 15) is 8.42 Å². The first-order valence-corrected chi connectivity index (χ1v) is 10.2. The van der Waals surface area contributed by atoms with Gasteiger partial charge >= 0.3 is 0 Å². The van der Waals surface area contributed by atoms with Crippen LogP contribution >= 0.6 is 11.8 Å². The van der Waals surface area contributed by atoms with Crippen LogP contribution in [0.1, 0.15) is 16.8 Å². The van der Waals surface area contributed by atoms with Crippen molar-refractivity contribution in [2.24, 2.45) is 0 Å². The van der Waals surface area contributed by atoms with Gasteiger partial charge in [-0.3, -0.25) is 0 Å². The standard InChI is InChI=1S/C16H21N3O3S2/c1-11-9-15(12(2)8-14(11)22-3)24(20,21)17-5-4-13-10-19-6-7-23-16(19)18-13/h8-10,17H,4-7H2,1-3H3. The second-order valence-corrected chi connectivity index (χ2v) is 8.59. The van der Waals surface area contributed by atoms with Crippen LogP contribution in [0.2, 0.25) is 0 Å². The molecule has 1 N–H and O–H groups in total. The van der Waals surface area contributed by atoms with Crippen molar-refractivity contribution in [2.75, 3.05) is 19.4 Å². The van der Waals surface area contributed by atoms with E-state index in [0.29, 0.717) is 29.2 Å². The molecule has 0 fully saturated rings. The summed E-state index contributed by atoms with van der Waals surface area (Å²) in [7, 11) is -1.97. The first-order chi connectivity index (χ1) is 11.4. The summed E-state index contributed by atoms with van der Waals surface area (Å²) in [5.74, 6) is 1.75. The second kappa shape index (κ2) is 6.78. The van der Waals surface area contributed by atoms with Crippen LogP contribution in [0, 0.1) is 13.8 Å². The van der Waals surface area contributed by atoms with Gasteiger partial charge in [-0.1, -0.05) is 11.8 Å². The Bertz CT molecular complexity index is 838. The van der Waals surface area contributed by atoms with Gasteiger partial charge in [0, 0.05) is 31.5 Å². The van der Waals surface area contributed by atoms with Gasteiger partial charge in [0.05, 0.1) is 17.7 Å². The van der Waals surface area contributed by atoms with Gasteiger partial charge in [0.15, 0.2) is 5.16 Å². The lowest BCUT2D eigenvalue weighted by molar-refractivity contribution is 0.411. The van der Waals surface area contributed by atoms with E-state index >= 15 is 0 Å². The number of sulfonamides is 1. The van der Waals surface area contributed by atoms with Crippen molar-refractivity contribution < 1.29 is 13.2 Å². The van der Waals surface area contributed by atoms with E-state index in [1.165, 1.54) is 0 Å². The van der Waals surface area contributed by atoms with Crippen LogP contribution in [0.15, 0.2) is 28.4 Å². The van der Waals surface area contributed by atoms with E-state index in [1.54, 1.807) is 37.9 Å². The predicted molar refractivity (Wildman–Crippen MR) is 94.3 cm³/mol. The molecule has 8 heteroatoms. The van der Waals surface area contributed by atoms with Gasteiger partial charge in [0.25, 0.3) is 0 Å². The molecule has 0 bridgehead atoms. The summed E-state index contributed by atoms with van der Waals surface area (Å²) < 4.78 is 35.1. The third kappa shape index (κ3) is 3.45. The van der Waals surface area contributed by atoms with Crippen molar-refractivity contribution in [3.63, 3.8) is 0 Å². The zero-order valence-electron chi connectivity index (χ0n) is 14.0. The number of hydrogen-bond acceptors (Lipinski definition) is 5. The highest BCUT2D eigenvalue weighted by Crippen LogP contribution is 2.26. The topological polar surface area (TPSA) is 73.2 Å². The van der Waals surface area contributed by atoms with Crippen LogP contribution in [0.5, 0.6) is 5.75 Å². The lowest BCUT2D eigenvalue weighted by atomic mass is 10.1. The summed E-state index contributed by atoms with van der Waals surface area (Å²) in [5.41, 5.74) is 2.39. The van der Waals surface area contributed by atoms with E-state index < -0.39 is 10.0 Å². The average molecular weight is 367 g/mol. The van der Waals surface area contributed by atoms with Crippen molar-refractivity contribution >= 4 is 21.8 Å². The summed E-state index contributed by atoms with van der Waals surface area (Å²) in [6.45, 7) is 4.91. The number of imidazole rings is 1. The quantitative estimate of drug-likeness (QED) is 0.847. The fraction of sp³-hybridized carbons (Fsp3) is 0.438. The molecule has 24 heavy (non-hydrogen) atoms. The Balaban J connectivity index is 1.68. The maximum absolute atomic E-state index is 12.6. The predicted octanol–water partition coefficient (Wildman–Crippen LogP) is 2.14. The van der Waals surface area contributed by atoms with Crippen molar-refractivity contribution in [1.82, 2.24) is 14.3 Å². The molecule has 2 aromatic rings. The molecule has 1 aliphatic heterocycles. The lowest BCUT2D eigenvalue weighted by Gasteiger charge is -2.12. The van der Waals surface area contributed by atoms with Gasteiger partial charge in [-0.25, -0.2) is 18.1 Å². The van der Waals surface area contributed by atoms with Crippen LogP contribution in [0.4, 0.5) is 0 Å². The lowest BCUT2D eigenvalue weighted by Crippen LogP contribution is -2.26. The second-order valence-electron chi connectivity index (χ2n) is 5.79. The van der Waals surface area contributed by atoms with E-state index in [0.717, 1.165) is 28.7 Å². The number of benzene rings is 1. The molecule has 0 saturated heterocycles. The Morgan fingerprint density at radius 2 is 2.12 bits per heavy atom. The summed E-state index contributed by atoms with van der Waals surface area (Å²) in [5, 5.41) is 1.02. The van der Waals surface area contributed by atoms with E-state index in [4.69, 9.17) is 4.74 Å². The van der Waals surface area contributed by atoms with Crippen LogP contribution in [-0.4, -0.2) is 37.4 Å². The van der Waals surface area contributed by atoms with Gasteiger partial charge < -0.3 is 9.30 Å². The number of thioether (sulfide) groups is 1. The summed E-state index contributed by atoms with van der Waals surface area (Å²) in [6, 6.07) is 3.40. The zero-order valence-corrected chi connectivity index (χ0v) is 15.6. The SMILES string of the molecule is COc1cc(C)c(S(=O)(=O)NCCc2cn3c(n2)SCC3)cc1C. The minimum Gasteiger partial charge on any atom is -0.496 e. The summed E-state index contributed by atoms with van der Waals surface area (Å²) >= 11 is 1.73.